The lowest BCUT2D eigenvalue weighted by atomic mass is 9.88. The number of nitrogens with one attached hydrogen (secondary N) is 1. The lowest BCUT2D eigenvalue weighted by Gasteiger charge is -2.36. The van der Waals surface area contributed by atoms with E-state index in [1.165, 1.54) is 24.6 Å². The number of anilines is 1. The monoisotopic (exact) mass is 671 g/mol. The molecule has 2 aliphatic rings. The smallest absolute Gasteiger partial charge is 0.261 e. The lowest BCUT2D eigenvalue weighted by molar-refractivity contribution is -0.137. The number of sulfonamides is 1. The Labute approximate surface area is 280 Å². The fourth-order valence-corrected chi connectivity index (χ4v) is 7.45. The van der Waals surface area contributed by atoms with E-state index in [2.05, 4.69) is 4.72 Å². The number of likely N-dealkylation sites (N-methyl/N-ethyl adjacent to an activating group) is 1. The van der Waals surface area contributed by atoms with Crippen molar-refractivity contribution in [2.45, 2.75) is 102 Å². The summed E-state index contributed by atoms with van der Waals surface area (Å²) in [5, 5.41) is 10.2. The molecule has 2 amide bonds. The zero-order valence-electron chi connectivity index (χ0n) is 28.6. The van der Waals surface area contributed by atoms with Crippen LogP contribution in [-0.2, 0) is 19.6 Å². The molecule has 0 radical (unpaired) electrons. The molecule has 4 rings (SSSR count). The molecule has 1 saturated carbocycles. The average molecular weight is 672 g/mol. The number of hydrogen-bond donors (Lipinski definition) is 2. The molecule has 0 bridgehead atoms. The molecule has 2 aromatic carbocycles. The predicted octanol–water partition coefficient (Wildman–Crippen LogP) is 5.63. The quantitative estimate of drug-likeness (QED) is 0.373. The van der Waals surface area contributed by atoms with Gasteiger partial charge in [-0.3, -0.25) is 14.3 Å². The second kappa shape index (κ2) is 16.8. The zero-order chi connectivity index (χ0) is 34.1. The Hall–Kier alpha value is -3.15. The van der Waals surface area contributed by atoms with Crippen LogP contribution in [-0.4, -0.2) is 86.7 Å². The van der Waals surface area contributed by atoms with Crippen molar-refractivity contribution in [2.75, 3.05) is 38.1 Å². The molecule has 0 aromatic heterocycles. The highest BCUT2D eigenvalue weighted by atomic mass is 32.2. The summed E-state index contributed by atoms with van der Waals surface area (Å²) < 4.78 is 41.7. The van der Waals surface area contributed by atoms with Crippen LogP contribution < -0.4 is 9.46 Å². The molecular formula is C36H53N3O7S. The third-order valence-corrected chi connectivity index (χ3v) is 10.8. The highest BCUT2D eigenvalue weighted by Crippen LogP contribution is 2.30. The SMILES string of the molecule is Cc1ccc(S(=O)(=O)Nc2ccc3c(c2)C(=O)N([C@H](C)CO)C[C@@H](C)[C@@H](CN(C)C(=O)C2CCCCC2)OCCCC[C@H](C)O3)cc1. The van der Waals surface area contributed by atoms with E-state index < -0.39 is 16.1 Å². The average Bonchev–Trinajstić information content (AvgIpc) is 3.06. The normalized spacial score (nSPS) is 22.8. The summed E-state index contributed by atoms with van der Waals surface area (Å²) in [7, 11) is -2.08. The Balaban J connectivity index is 1.64. The number of aliphatic hydroxyl groups excluding tert-OH is 1. The number of amides is 2. The summed E-state index contributed by atoms with van der Waals surface area (Å²) in [5.74, 6) is -0.0163. The van der Waals surface area contributed by atoms with Gasteiger partial charge < -0.3 is 24.4 Å². The summed E-state index contributed by atoms with van der Waals surface area (Å²) in [6.07, 6.45) is 7.04. The standard InChI is InChI=1S/C36H53N3O7S/c1-25-14-17-31(18-15-25)47(43,44)37-30-16-19-33-32(21-30)36(42)39(27(3)24-40)22-26(2)34(45-20-10-9-11-28(4)46-33)23-38(5)35(41)29-12-7-6-8-13-29/h14-19,21,26-29,34,37,40H,6-13,20,22-24H2,1-5H3/t26-,27-,28+,34-/m1/s1. The van der Waals surface area contributed by atoms with Crippen molar-refractivity contribution in [3.63, 3.8) is 0 Å². The second-order valence-corrected chi connectivity index (χ2v) is 15.2. The summed E-state index contributed by atoms with van der Waals surface area (Å²) in [5.41, 5.74) is 1.37. The molecular weight excluding hydrogens is 618 g/mol. The number of fused-ring (bicyclic) bond motifs is 1. The molecule has 11 heteroatoms. The number of carbonyl (C=O) groups is 2. The van der Waals surface area contributed by atoms with E-state index in [-0.39, 0.29) is 65.2 Å². The molecule has 47 heavy (non-hydrogen) atoms. The molecule has 1 fully saturated rings. The van der Waals surface area contributed by atoms with Crippen LogP contribution in [0.15, 0.2) is 47.4 Å². The number of carbonyl (C=O) groups excluding carboxylic acids is 2. The van der Waals surface area contributed by atoms with Gasteiger partial charge in [-0.15, -0.1) is 0 Å². The number of hydrogen-bond acceptors (Lipinski definition) is 7. The van der Waals surface area contributed by atoms with E-state index >= 15 is 0 Å². The Kier molecular flexibility index (Phi) is 13.1. The largest absolute Gasteiger partial charge is 0.490 e. The van der Waals surface area contributed by atoms with E-state index in [1.54, 1.807) is 41.0 Å². The van der Waals surface area contributed by atoms with Crippen molar-refractivity contribution in [3.05, 3.63) is 53.6 Å². The van der Waals surface area contributed by atoms with Gasteiger partial charge in [0.25, 0.3) is 15.9 Å². The molecule has 0 saturated heterocycles. The van der Waals surface area contributed by atoms with Crippen LogP contribution in [0.1, 0.15) is 88.1 Å². The number of aliphatic hydroxyl groups is 1. The molecule has 260 valence electrons. The number of ether oxygens (including phenoxy) is 2. The molecule has 10 nitrogen and oxygen atoms in total. The minimum Gasteiger partial charge on any atom is -0.490 e. The van der Waals surface area contributed by atoms with Crippen LogP contribution in [0, 0.1) is 18.8 Å². The molecule has 2 N–H and O–H groups in total. The molecule has 0 unspecified atom stereocenters. The van der Waals surface area contributed by atoms with Crippen molar-refractivity contribution in [3.8, 4) is 5.75 Å². The lowest BCUT2D eigenvalue weighted by Crippen LogP contribution is -2.48. The van der Waals surface area contributed by atoms with Gasteiger partial charge in [-0.25, -0.2) is 8.42 Å². The summed E-state index contributed by atoms with van der Waals surface area (Å²) in [6, 6.07) is 10.7. The van der Waals surface area contributed by atoms with Crippen LogP contribution in [0.5, 0.6) is 5.75 Å². The van der Waals surface area contributed by atoms with E-state index in [1.807, 2.05) is 27.8 Å². The van der Waals surface area contributed by atoms with Crippen LogP contribution in [0.25, 0.3) is 0 Å². The third-order valence-electron chi connectivity index (χ3n) is 9.42. The highest BCUT2D eigenvalue weighted by molar-refractivity contribution is 7.92. The summed E-state index contributed by atoms with van der Waals surface area (Å²) >= 11 is 0. The predicted molar refractivity (Wildman–Crippen MR) is 183 cm³/mol. The Morgan fingerprint density at radius 3 is 2.40 bits per heavy atom. The zero-order valence-corrected chi connectivity index (χ0v) is 29.4. The van der Waals surface area contributed by atoms with Gasteiger partial charge in [-0.2, -0.15) is 0 Å². The molecule has 2 aromatic rings. The summed E-state index contributed by atoms with van der Waals surface area (Å²) in [6.45, 7) is 8.53. The van der Waals surface area contributed by atoms with Crippen LogP contribution in [0.2, 0.25) is 0 Å². The van der Waals surface area contributed by atoms with Crippen molar-refractivity contribution in [1.82, 2.24) is 9.80 Å². The van der Waals surface area contributed by atoms with E-state index in [4.69, 9.17) is 9.47 Å². The molecule has 4 atom stereocenters. The first-order valence-electron chi connectivity index (χ1n) is 17.1. The van der Waals surface area contributed by atoms with Gasteiger partial charge in [0, 0.05) is 44.3 Å². The number of aryl methyl sites for hydroxylation is 1. The minimum absolute atomic E-state index is 0.0469. The molecule has 1 heterocycles. The number of nitrogens with zero attached hydrogens (tertiary/aromatic N) is 2. The van der Waals surface area contributed by atoms with Gasteiger partial charge in [0.15, 0.2) is 0 Å². The van der Waals surface area contributed by atoms with Crippen LogP contribution in [0.4, 0.5) is 5.69 Å². The van der Waals surface area contributed by atoms with Crippen molar-refractivity contribution in [2.24, 2.45) is 11.8 Å². The molecule has 1 aliphatic carbocycles. The first-order valence-corrected chi connectivity index (χ1v) is 18.6. The van der Waals surface area contributed by atoms with Crippen molar-refractivity contribution < 1.29 is 32.6 Å². The van der Waals surface area contributed by atoms with E-state index in [0.29, 0.717) is 18.9 Å². The Morgan fingerprint density at radius 1 is 1.04 bits per heavy atom. The third kappa shape index (κ3) is 9.93. The maximum absolute atomic E-state index is 14.4. The fourth-order valence-electron chi connectivity index (χ4n) is 6.40. The first kappa shape index (κ1) is 36.7. The van der Waals surface area contributed by atoms with Crippen LogP contribution >= 0.6 is 0 Å². The molecule has 0 spiro atoms. The highest BCUT2D eigenvalue weighted by Gasteiger charge is 2.32. The second-order valence-electron chi connectivity index (χ2n) is 13.5. The van der Waals surface area contributed by atoms with Gasteiger partial charge in [-0.1, -0.05) is 43.9 Å². The van der Waals surface area contributed by atoms with Crippen molar-refractivity contribution >= 4 is 27.5 Å². The first-order chi connectivity index (χ1) is 22.4. The van der Waals surface area contributed by atoms with Gasteiger partial charge in [0.05, 0.1) is 35.3 Å². The van der Waals surface area contributed by atoms with E-state index in [9.17, 15) is 23.1 Å². The number of benzene rings is 2. The molecule has 1 aliphatic heterocycles. The van der Waals surface area contributed by atoms with E-state index in [0.717, 1.165) is 50.5 Å². The van der Waals surface area contributed by atoms with Gasteiger partial charge in [0.1, 0.15) is 5.75 Å². The van der Waals surface area contributed by atoms with Gasteiger partial charge in [-0.05, 0) is 83.2 Å². The maximum atomic E-state index is 14.4. The number of rotatable bonds is 8. The van der Waals surface area contributed by atoms with Gasteiger partial charge >= 0.3 is 0 Å². The minimum atomic E-state index is -3.92. The Morgan fingerprint density at radius 2 is 1.72 bits per heavy atom. The Bertz CT molecular complexity index is 1440. The van der Waals surface area contributed by atoms with Gasteiger partial charge in [0.2, 0.25) is 5.91 Å². The fraction of sp³-hybridized carbons (Fsp3) is 0.611. The maximum Gasteiger partial charge on any atom is 0.261 e. The summed E-state index contributed by atoms with van der Waals surface area (Å²) in [4.78, 5) is 31.2. The topological polar surface area (TPSA) is 125 Å². The van der Waals surface area contributed by atoms with Crippen molar-refractivity contribution in [1.29, 1.82) is 0 Å². The van der Waals surface area contributed by atoms with Crippen LogP contribution in [0.3, 0.4) is 0 Å².